The summed E-state index contributed by atoms with van der Waals surface area (Å²) in [6.07, 6.45) is 10.6. The van der Waals surface area contributed by atoms with Crippen molar-refractivity contribution in [1.29, 1.82) is 0 Å². The second-order valence-corrected chi connectivity index (χ2v) is 4.58. The summed E-state index contributed by atoms with van der Waals surface area (Å²) in [4.78, 5) is 2.16. The summed E-state index contributed by atoms with van der Waals surface area (Å²) in [6, 6.07) is 8.31. The second-order valence-electron chi connectivity index (χ2n) is 4.58. The molecule has 1 heterocycles. The van der Waals surface area contributed by atoms with Gasteiger partial charge in [0.05, 0.1) is 0 Å². The van der Waals surface area contributed by atoms with Gasteiger partial charge < -0.3 is 4.90 Å². The third kappa shape index (κ3) is 2.80. The Hall–Kier alpha value is -2.02. The maximum absolute atomic E-state index is 3.86. The van der Waals surface area contributed by atoms with Gasteiger partial charge in [0.15, 0.2) is 0 Å². The van der Waals surface area contributed by atoms with E-state index in [9.17, 15) is 0 Å². The average molecular weight is 237 g/mol. The van der Waals surface area contributed by atoms with Crippen LogP contribution in [0.2, 0.25) is 0 Å². The molecule has 0 saturated carbocycles. The highest BCUT2D eigenvalue weighted by atomic mass is 15.1. The van der Waals surface area contributed by atoms with E-state index in [4.69, 9.17) is 0 Å². The molecule has 0 atom stereocenters. The molecule has 0 aliphatic carbocycles. The minimum absolute atomic E-state index is 0.972. The molecule has 0 aromatic heterocycles. The lowest BCUT2D eigenvalue weighted by Gasteiger charge is -2.17. The Morgan fingerprint density at radius 2 is 2.00 bits per heavy atom. The Morgan fingerprint density at radius 1 is 1.28 bits per heavy atom. The van der Waals surface area contributed by atoms with Crippen LogP contribution >= 0.6 is 0 Å². The summed E-state index contributed by atoms with van der Waals surface area (Å²) < 4.78 is 0. The van der Waals surface area contributed by atoms with Crippen molar-refractivity contribution in [3.8, 4) is 0 Å². The predicted molar refractivity (Wildman–Crippen MR) is 80.0 cm³/mol. The van der Waals surface area contributed by atoms with E-state index in [2.05, 4.69) is 68.1 Å². The average Bonchev–Trinajstić information content (AvgIpc) is 2.40. The monoisotopic (exact) mass is 237 g/mol. The molecule has 1 heteroatoms. The highest BCUT2D eigenvalue weighted by molar-refractivity contribution is 5.68. The van der Waals surface area contributed by atoms with Crippen LogP contribution in [0.5, 0.6) is 0 Å². The van der Waals surface area contributed by atoms with Gasteiger partial charge >= 0.3 is 0 Å². The Morgan fingerprint density at radius 3 is 2.61 bits per heavy atom. The van der Waals surface area contributed by atoms with Crippen LogP contribution in [0.4, 0.5) is 0 Å². The molecule has 0 fully saturated rings. The summed E-state index contributed by atoms with van der Waals surface area (Å²) in [5.41, 5.74) is 4.98. The van der Waals surface area contributed by atoms with Crippen molar-refractivity contribution in [2.24, 2.45) is 0 Å². The Labute approximate surface area is 109 Å². The number of allylic oxidation sites excluding steroid dienone is 3. The first-order valence-corrected chi connectivity index (χ1v) is 6.19. The smallest absolute Gasteiger partial charge is 0.0359 e. The van der Waals surface area contributed by atoms with E-state index in [0.717, 1.165) is 6.54 Å². The van der Waals surface area contributed by atoms with Crippen molar-refractivity contribution in [2.75, 3.05) is 13.6 Å². The number of hydrogen-bond donors (Lipinski definition) is 0. The maximum atomic E-state index is 3.86. The van der Waals surface area contributed by atoms with Crippen LogP contribution in [0, 0.1) is 0 Å². The standard InChI is InChI=1S/C17H19N/c1-4-15-7-5-6-8-17(15)13-14(2)16-9-11-18(3)12-10-16/h4-11,13H,1,12H2,2-3H3/b14-13+. The molecule has 0 bridgehead atoms. The van der Waals surface area contributed by atoms with E-state index in [1.54, 1.807) is 0 Å². The highest BCUT2D eigenvalue weighted by Gasteiger charge is 2.03. The predicted octanol–water partition coefficient (Wildman–Crippen LogP) is 4.12. The van der Waals surface area contributed by atoms with Gasteiger partial charge in [-0.05, 0) is 41.5 Å². The van der Waals surface area contributed by atoms with Crippen LogP contribution in [-0.2, 0) is 0 Å². The molecular weight excluding hydrogens is 218 g/mol. The largest absolute Gasteiger partial charge is 0.377 e. The van der Waals surface area contributed by atoms with E-state index in [0.29, 0.717) is 0 Å². The molecule has 0 spiro atoms. The Bertz CT molecular complexity index is 532. The summed E-state index contributed by atoms with van der Waals surface area (Å²) in [5.74, 6) is 0. The number of benzene rings is 1. The number of hydrogen-bond acceptors (Lipinski definition) is 1. The minimum Gasteiger partial charge on any atom is -0.377 e. The molecule has 0 saturated heterocycles. The molecular formula is C17H19N. The highest BCUT2D eigenvalue weighted by Crippen LogP contribution is 2.20. The summed E-state index contributed by atoms with van der Waals surface area (Å²) in [7, 11) is 2.08. The molecule has 18 heavy (non-hydrogen) atoms. The fraction of sp³-hybridized carbons (Fsp3) is 0.176. The zero-order chi connectivity index (χ0) is 13.0. The van der Waals surface area contributed by atoms with Crippen molar-refractivity contribution in [1.82, 2.24) is 4.90 Å². The van der Waals surface area contributed by atoms with Gasteiger partial charge in [0, 0.05) is 13.6 Å². The molecule has 1 aromatic carbocycles. The zero-order valence-corrected chi connectivity index (χ0v) is 11.1. The maximum Gasteiger partial charge on any atom is 0.0359 e. The molecule has 0 radical (unpaired) electrons. The molecule has 92 valence electrons. The Balaban J connectivity index is 2.28. The van der Waals surface area contributed by atoms with Crippen LogP contribution in [0.15, 0.2) is 60.3 Å². The molecule has 1 aliphatic rings. The Kier molecular flexibility index (Phi) is 3.83. The SMILES string of the molecule is C=Cc1ccccc1/C=C(\C)C1=CCN(C)C=C1. The van der Waals surface area contributed by atoms with E-state index in [1.165, 1.54) is 22.3 Å². The molecule has 0 amide bonds. The van der Waals surface area contributed by atoms with Crippen LogP contribution in [0.1, 0.15) is 18.1 Å². The van der Waals surface area contributed by atoms with Gasteiger partial charge in [-0.15, -0.1) is 0 Å². The molecule has 0 unspecified atom stereocenters. The van der Waals surface area contributed by atoms with Gasteiger partial charge in [-0.1, -0.05) is 49.1 Å². The van der Waals surface area contributed by atoms with Gasteiger partial charge in [0.25, 0.3) is 0 Å². The second kappa shape index (κ2) is 5.54. The number of nitrogens with zero attached hydrogens (tertiary/aromatic N) is 1. The van der Waals surface area contributed by atoms with E-state index in [1.807, 2.05) is 12.1 Å². The number of likely N-dealkylation sites (N-methyl/N-ethyl adjacent to an activating group) is 1. The van der Waals surface area contributed by atoms with E-state index < -0.39 is 0 Å². The fourth-order valence-electron chi connectivity index (χ4n) is 2.02. The first kappa shape index (κ1) is 12.4. The van der Waals surface area contributed by atoms with E-state index in [-0.39, 0.29) is 0 Å². The first-order chi connectivity index (χ1) is 8.70. The van der Waals surface area contributed by atoms with Crippen molar-refractivity contribution in [3.05, 3.63) is 71.5 Å². The van der Waals surface area contributed by atoms with Crippen LogP contribution in [0.25, 0.3) is 12.2 Å². The lowest BCUT2D eigenvalue weighted by Crippen LogP contribution is -2.13. The topological polar surface area (TPSA) is 3.24 Å². The summed E-state index contributed by atoms with van der Waals surface area (Å²) in [6.45, 7) is 6.98. The van der Waals surface area contributed by atoms with Gasteiger partial charge in [0.1, 0.15) is 0 Å². The van der Waals surface area contributed by atoms with Crippen molar-refractivity contribution in [3.63, 3.8) is 0 Å². The quantitative estimate of drug-likeness (QED) is 0.764. The van der Waals surface area contributed by atoms with Gasteiger partial charge in [-0.2, -0.15) is 0 Å². The summed E-state index contributed by atoms with van der Waals surface area (Å²) in [5, 5.41) is 0. The molecule has 1 aromatic rings. The van der Waals surface area contributed by atoms with Crippen LogP contribution in [0.3, 0.4) is 0 Å². The van der Waals surface area contributed by atoms with Crippen molar-refractivity contribution < 1.29 is 0 Å². The number of rotatable bonds is 3. The summed E-state index contributed by atoms with van der Waals surface area (Å²) >= 11 is 0. The lowest BCUT2D eigenvalue weighted by atomic mass is 10.00. The van der Waals surface area contributed by atoms with Gasteiger partial charge in [-0.25, -0.2) is 0 Å². The normalized spacial score (nSPS) is 15.6. The van der Waals surface area contributed by atoms with Gasteiger partial charge in [0.2, 0.25) is 0 Å². The van der Waals surface area contributed by atoms with E-state index >= 15 is 0 Å². The third-order valence-corrected chi connectivity index (χ3v) is 3.15. The van der Waals surface area contributed by atoms with Crippen LogP contribution < -0.4 is 0 Å². The zero-order valence-electron chi connectivity index (χ0n) is 11.1. The van der Waals surface area contributed by atoms with Crippen molar-refractivity contribution in [2.45, 2.75) is 6.92 Å². The minimum atomic E-state index is 0.972. The first-order valence-electron chi connectivity index (χ1n) is 6.19. The third-order valence-electron chi connectivity index (χ3n) is 3.15. The molecule has 1 aliphatic heterocycles. The van der Waals surface area contributed by atoms with Crippen molar-refractivity contribution >= 4 is 12.2 Å². The fourth-order valence-corrected chi connectivity index (χ4v) is 2.02. The molecule has 1 nitrogen and oxygen atoms in total. The lowest BCUT2D eigenvalue weighted by molar-refractivity contribution is 0.503. The van der Waals surface area contributed by atoms with Crippen LogP contribution in [-0.4, -0.2) is 18.5 Å². The van der Waals surface area contributed by atoms with Gasteiger partial charge in [-0.3, -0.25) is 0 Å². The molecule has 2 rings (SSSR count). The molecule has 0 N–H and O–H groups in total.